The first-order valence-corrected chi connectivity index (χ1v) is 21.1. The van der Waals surface area contributed by atoms with Gasteiger partial charge in [0.05, 0.1) is 0 Å². The number of fused-ring (bicyclic) bond motifs is 6. The summed E-state index contributed by atoms with van der Waals surface area (Å²) in [7, 11) is 0. The molecule has 8 aromatic rings. The van der Waals surface area contributed by atoms with Crippen LogP contribution in [0.2, 0.25) is 0 Å². The van der Waals surface area contributed by atoms with Crippen LogP contribution in [0.25, 0.3) is 76.1 Å². The summed E-state index contributed by atoms with van der Waals surface area (Å²) in [5.41, 5.74) is 11.1. The van der Waals surface area contributed by atoms with Crippen LogP contribution < -0.4 is 9.80 Å². The molecule has 0 bridgehead atoms. The van der Waals surface area contributed by atoms with Crippen LogP contribution >= 0.6 is 0 Å². The molecule has 2 aliphatic heterocycles. The predicted molar refractivity (Wildman–Crippen MR) is 243 cm³/mol. The summed E-state index contributed by atoms with van der Waals surface area (Å²) in [4.78, 5) is 5.25. The van der Waals surface area contributed by atoms with Crippen LogP contribution in [0.3, 0.4) is 0 Å². The van der Waals surface area contributed by atoms with Crippen molar-refractivity contribution in [3.63, 3.8) is 0 Å². The minimum absolute atomic E-state index is 1.01. The number of nitrogens with zero attached hydrogens (tertiary/aromatic N) is 2. The number of hydrogen-bond donors (Lipinski definition) is 0. The Balaban J connectivity index is 1.16. The summed E-state index contributed by atoms with van der Waals surface area (Å²) < 4.78 is 0. The first-order valence-electron chi connectivity index (χ1n) is 21.1. The molecule has 274 valence electrons. The lowest BCUT2D eigenvalue weighted by Gasteiger charge is -2.31. The molecule has 0 radical (unpaired) electrons. The Morgan fingerprint density at radius 3 is 1.57 bits per heavy atom. The van der Waals surface area contributed by atoms with Crippen LogP contribution in [0.5, 0.6) is 0 Å². The van der Waals surface area contributed by atoms with Gasteiger partial charge in [-0.15, -0.1) is 0 Å². The lowest BCUT2D eigenvalue weighted by molar-refractivity contribution is 0.578. The molecule has 0 N–H and O–H groups in total. The Morgan fingerprint density at radius 2 is 0.893 bits per heavy atom. The fourth-order valence-electron chi connectivity index (χ4n) is 10.3. The van der Waals surface area contributed by atoms with Gasteiger partial charge in [-0.25, -0.2) is 0 Å². The molecule has 2 nitrogen and oxygen atoms in total. The predicted octanol–water partition coefficient (Wildman–Crippen LogP) is 14.4. The van der Waals surface area contributed by atoms with Gasteiger partial charge in [0.2, 0.25) is 0 Å². The van der Waals surface area contributed by atoms with Crippen LogP contribution in [0, 0.1) is 0 Å². The van der Waals surface area contributed by atoms with E-state index < -0.39 is 0 Å². The third kappa shape index (κ3) is 5.77. The lowest BCUT2D eigenvalue weighted by atomic mass is 9.81. The standard InChI is InChI=1S/C54H48N2/c1-9-29-55(30-10-1)43-26-28-49-51(35-43)53(39-22-20-38(21-23-39)50-34-41-15-5-6-16-45(41)46-17-7-8-18-47(46)50)48-27-25-44(56-31-11-2-12-32-56)36-52(48)54(49)42-24-19-37-13-3-4-14-40(37)33-42/h3-8,13-20,22,24-28,33-36H,1-2,9-12,21,23,29-32H2. The molecular formula is C54H48N2. The molecule has 8 aromatic carbocycles. The molecule has 0 aromatic heterocycles. The molecule has 2 saturated heterocycles. The van der Waals surface area contributed by atoms with Gasteiger partial charge in [-0.1, -0.05) is 109 Å². The Hall–Kier alpha value is -5.86. The van der Waals surface area contributed by atoms with Crippen molar-refractivity contribution >= 4 is 76.4 Å². The van der Waals surface area contributed by atoms with Gasteiger partial charge in [0, 0.05) is 37.6 Å². The molecule has 2 fully saturated rings. The Kier molecular flexibility index (Phi) is 8.38. The van der Waals surface area contributed by atoms with Crippen molar-refractivity contribution in [2.24, 2.45) is 0 Å². The number of allylic oxidation sites excluding steroid dienone is 4. The summed E-state index contributed by atoms with van der Waals surface area (Å²) in [5.74, 6) is 0. The fourth-order valence-corrected chi connectivity index (χ4v) is 10.3. The molecule has 2 heterocycles. The van der Waals surface area contributed by atoms with E-state index in [0.717, 1.165) is 39.0 Å². The van der Waals surface area contributed by atoms with Gasteiger partial charge in [-0.3, -0.25) is 0 Å². The molecule has 1 aliphatic carbocycles. The third-order valence-electron chi connectivity index (χ3n) is 13.1. The van der Waals surface area contributed by atoms with E-state index in [-0.39, 0.29) is 0 Å². The van der Waals surface area contributed by atoms with Crippen LogP contribution in [0.4, 0.5) is 11.4 Å². The van der Waals surface area contributed by atoms with E-state index in [1.807, 2.05) is 0 Å². The van der Waals surface area contributed by atoms with Crippen molar-refractivity contribution in [1.29, 1.82) is 0 Å². The number of hydrogen-bond acceptors (Lipinski definition) is 2. The Labute approximate surface area is 330 Å². The van der Waals surface area contributed by atoms with Crippen molar-refractivity contribution < 1.29 is 0 Å². The van der Waals surface area contributed by atoms with Gasteiger partial charge in [-0.2, -0.15) is 0 Å². The van der Waals surface area contributed by atoms with Gasteiger partial charge in [0.25, 0.3) is 0 Å². The summed E-state index contributed by atoms with van der Waals surface area (Å²) >= 11 is 0. The van der Waals surface area contributed by atoms with E-state index >= 15 is 0 Å². The zero-order chi connectivity index (χ0) is 37.0. The number of rotatable bonds is 5. The zero-order valence-electron chi connectivity index (χ0n) is 32.2. The fraction of sp³-hybridized carbons (Fsp3) is 0.222. The second kappa shape index (κ2) is 14.0. The van der Waals surface area contributed by atoms with Gasteiger partial charge < -0.3 is 9.80 Å². The topological polar surface area (TPSA) is 6.48 Å². The van der Waals surface area contributed by atoms with Gasteiger partial charge in [-0.05, 0) is 175 Å². The van der Waals surface area contributed by atoms with E-state index in [4.69, 9.17) is 0 Å². The first kappa shape index (κ1) is 33.5. The van der Waals surface area contributed by atoms with Crippen molar-refractivity contribution in [2.45, 2.75) is 51.4 Å². The van der Waals surface area contributed by atoms with Gasteiger partial charge >= 0.3 is 0 Å². The molecular weight excluding hydrogens is 677 g/mol. The van der Waals surface area contributed by atoms with Crippen molar-refractivity contribution in [1.82, 2.24) is 0 Å². The molecule has 0 spiro atoms. The summed E-state index contributed by atoms with van der Waals surface area (Å²) in [6, 6.07) is 51.1. The van der Waals surface area contributed by atoms with Crippen LogP contribution in [0.1, 0.15) is 62.5 Å². The molecule has 0 atom stereocenters. The minimum Gasteiger partial charge on any atom is -0.372 e. The zero-order valence-corrected chi connectivity index (χ0v) is 32.2. The number of benzene rings is 8. The maximum Gasteiger partial charge on any atom is 0.0372 e. The van der Waals surface area contributed by atoms with E-state index in [2.05, 4.69) is 155 Å². The average molecular weight is 725 g/mol. The quantitative estimate of drug-likeness (QED) is 0.129. The SMILES string of the molecule is C1=C(c2c3cc(N4CCCCC4)ccc3c(-c3ccc4ccccc4c3)c3cc(N4CCCCC4)ccc23)CCC(c2cc3ccccc3c3ccccc23)=C1. The average Bonchev–Trinajstić information content (AvgIpc) is 3.28. The minimum atomic E-state index is 1.01. The first-order chi connectivity index (χ1) is 27.8. The largest absolute Gasteiger partial charge is 0.372 e. The summed E-state index contributed by atoms with van der Waals surface area (Å²) in [6.45, 7) is 4.55. The highest BCUT2D eigenvalue weighted by atomic mass is 15.1. The smallest absolute Gasteiger partial charge is 0.0372 e. The van der Waals surface area contributed by atoms with Crippen LogP contribution in [0.15, 0.2) is 146 Å². The van der Waals surface area contributed by atoms with E-state index in [0.29, 0.717) is 0 Å². The van der Waals surface area contributed by atoms with E-state index in [9.17, 15) is 0 Å². The molecule has 56 heavy (non-hydrogen) atoms. The Bertz CT molecular complexity index is 2880. The molecule has 0 saturated carbocycles. The highest BCUT2D eigenvalue weighted by molar-refractivity contribution is 6.21. The highest BCUT2D eigenvalue weighted by Gasteiger charge is 2.23. The summed E-state index contributed by atoms with van der Waals surface area (Å²) in [6.07, 6.45) is 14.7. The molecule has 2 heteroatoms. The molecule has 11 rings (SSSR count). The van der Waals surface area contributed by atoms with Crippen LogP contribution in [-0.4, -0.2) is 26.2 Å². The third-order valence-corrected chi connectivity index (χ3v) is 13.1. The summed E-state index contributed by atoms with van der Waals surface area (Å²) in [5, 5.41) is 13.4. The monoisotopic (exact) mass is 724 g/mol. The second-order valence-electron chi connectivity index (χ2n) is 16.4. The molecule has 0 unspecified atom stereocenters. The molecule has 3 aliphatic rings. The Morgan fingerprint density at radius 1 is 0.339 bits per heavy atom. The van der Waals surface area contributed by atoms with E-state index in [1.54, 1.807) is 0 Å². The van der Waals surface area contributed by atoms with Crippen LogP contribution in [-0.2, 0) is 0 Å². The van der Waals surface area contributed by atoms with Crippen molar-refractivity contribution in [2.75, 3.05) is 36.0 Å². The number of anilines is 2. The highest BCUT2D eigenvalue weighted by Crippen LogP contribution is 2.47. The number of piperidine rings is 2. The molecule has 0 amide bonds. The van der Waals surface area contributed by atoms with Crippen molar-refractivity contribution in [3.8, 4) is 11.1 Å². The van der Waals surface area contributed by atoms with Gasteiger partial charge in [0.15, 0.2) is 0 Å². The maximum atomic E-state index is 2.63. The lowest BCUT2D eigenvalue weighted by Crippen LogP contribution is -2.29. The second-order valence-corrected chi connectivity index (χ2v) is 16.4. The normalized spacial score (nSPS) is 16.6. The maximum absolute atomic E-state index is 2.63. The van der Waals surface area contributed by atoms with Crippen molar-refractivity contribution in [3.05, 3.63) is 157 Å². The van der Waals surface area contributed by atoms with E-state index in [1.165, 1.54) is 137 Å². The van der Waals surface area contributed by atoms with Gasteiger partial charge in [0.1, 0.15) is 0 Å².